The highest BCUT2D eigenvalue weighted by Crippen LogP contribution is 2.20. The Morgan fingerprint density at radius 3 is 2.48 bits per heavy atom. The molecule has 23 heavy (non-hydrogen) atoms. The van der Waals surface area contributed by atoms with Gasteiger partial charge in [-0.1, -0.05) is 48.0 Å². The molecule has 122 valence electrons. The molecule has 1 fully saturated rings. The summed E-state index contributed by atoms with van der Waals surface area (Å²) in [7, 11) is 0. The Kier molecular flexibility index (Phi) is 5.65. The molecule has 0 aliphatic carbocycles. The van der Waals surface area contributed by atoms with Gasteiger partial charge in [-0.05, 0) is 43.6 Å². The van der Waals surface area contributed by atoms with Crippen LogP contribution in [0.1, 0.15) is 24.0 Å². The van der Waals surface area contributed by atoms with Crippen molar-refractivity contribution in [3.05, 3.63) is 70.5 Å². The van der Waals surface area contributed by atoms with E-state index in [1.165, 1.54) is 11.6 Å². The van der Waals surface area contributed by atoms with Crippen molar-refractivity contribution in [1.82, 2.24) is 10.2 Å². The number of likely N-dealkylation sites (tertiary alicyclic amines) is 1. The molecule has 4 heteroatoms. The largest absolute Gasteiger partial charge is 0.310 e. The van der Waals surface area contributed by atoms with E-state index in [9.17, 15) is 4.39 Å². The van der Waals surface area contributed by atoms with Crippen LogP contribution < -0.4 is 5.32 Å². The summed E-state index contributed by atoms with van der Waals surface area (Å²) in [6.45, 7) is 3.64. The zero-order valence-corrected chi connectivity index (χ0v) is 13.9. The Balaban J connectivity index is 1.46. The van der Waals surface area contributed by atoms with Gasteiger partial charge in [-0.2, -0.15) is 0 Å². The van der Waals surface area contributed by atoms with Crippen molar-refractivity contribution in [1.29, 1.82) is 0 Å². The third-order valence-corrected chi connectivity index (χ3v) is 4.82. The third-order valence-electron chi connectivity index (χ3n) is 4.47. The Bertz CT molecular complexity index is 604. The van der Waals surface area contributed by atoms with E-state index in [0.29, 0.717) is 23.2 Å². The van der Waals surface area contributed by atoms with Crippen molar-refractivity contribution in [2.24, 2.45) is 0 Å². The van der Waals surface area contributed by atoms with Crippen molar-refractivity contribution >= 4 is 11.6 Å². The van der Waals surface area contributed by atoms with Gasteiger partial charge in [-0.3, -0.25) is 4.90 Å². The number of hydrogen-bond donors (Lipinski definition) is 1. The molecule has 0 saturated carbocycles. The normalized spacial score (nSPS) is 16.6. The smallest absolute Gasteiger partial charge is 0.129 e. The number of halogens is 2. The molecule has 0 aromatic heterocycles. The van der Waals surface area contributed by atoms with Crippen molar-refractivity contribution in [2.45, 2.75) is 32.0 Å². The maximum Gasteiger partial charge on any atom is 0.129 e. The number of benzene rings is 2. The zero-order valence-electron chi connectivity index (χ0n) is 13.1. The first-order valence-electron chi connectivity index (χ1n) is 8.15. The standard InChI is InChI=1S/C19H22ClFN2/c20-18-7-4-8-19(21)17(18)13-22-16-9-11-23(12-10-16)14-15-5-2-1-3-6-15/h1-8,16,22H,9-14H2. The molecule has 0 unspecified atom stereocenters. The summed E-state index contributed by atoms with van der Waals surface area (Å²) < 4.78 is 13.8. The van der Waals surface area contributed by atoms with Crippen LogP contribution in [0.15, 0.2) is 48.5 Å². The predicted octanol–water partition coefficient (Wildman–Crippen LogP) is 4.23. The maximum absolute atomic E-state index is 13.8. The summed E-state index contributed by atoms with van der Waals surface area (Å²) in [6.07, 6.45) is 2.16. The number of rotatable bonds is 5. The van der Waals surface area contributed by atoms with Crippen LogP contribution in [0, 0.1) is 5.82 Å². The zero-order chi connectivity index (χ0) is 16.1. The van der Waals surface area contributed by atoms with Crippen LogP contribution in [-0.2, 0) is 13.1 Å². The fourth-order valence-electron chi connectivity index (χ4n) is 3.08. The Morgan fingerprint density at radius 1 is 1.04 bits per heavy atom. The molecule has 0 radical (unpaired) electrons. The van der Waals surface area contributed by atoms with Crippen molar-refractivity contribution in [3.63, 3.8) is 0 Å². The first-order chi connectivity index (χ1) is 11.2. The van der Waals surface area contributed by atoms with E-state index >= 15 is 0 Å². The highest BCUT2D eigenvalue weighted by atomic mass is 35.5. The number of nitrogens with zero attached hydrogens (tertiary/aromatic N) is 1. The van der Waals surface area contributed by atoms with Gasteiger partial charge in [0.25, 0.3) is 0 Å². The number of hydrogen-bond acceptors (Lipinski definition) is 2. The van der Waals surface area contributed by atoms with Crippen LogP contribution in [0.25, 0.3) is 0 Å². The molecule has 0 bridgehead atoms. The molecule has 0 spiro atoms. The number of nitrogens with one attached hydrogen (secondary N) is 1. The summed E-state index contributed by atoms with van der Waals surface area (Å²) in [4.78, 5) is 2.48. The van der Waals surface area contributed by atoms with Crippen LogP contribution in [0.5, 0.6) is 0 Å². The summed E-state index contributed by atoms with van der Waals surface area (Å²) in [5.41, 5.74) is 1.93. The minimum Gasteiger partial charge on any atom is -0.310 e. The van der Waals surface area contributed by atoms with Gasteiger partial charge in [0.15, 0.2) is 0 Å². The van der Waals surface area contributed by atoms with Crippen molar-refractivity contribution in [3.8, 4) is 0 Å². The first kappa shape index (κ1) is 16.4. The molecule has 1 N–H and O–H groups in total. The minimum absolute atomic E-state index is 0.230. The van der Waals surface area contributed by atoms with Crippen LogP contribution in [0.2, 0.25) is 5.02 Å². The molecule has 0 amide bonds. The van der Waals surface area contributed by atoms with E-state index in [0.717, 1.165) is 32.5 Å². The summed E-state index contributed by atoms with van der Waals surface area (Å²) in [6, 6.07) is 15.8. The maximum atomic E-state index is 13.8. The lowest BCUT2D eigenvalue weighted by Crippen LogP contribution is -2.42. The lowest BCUT2D eigenvalue weighted by molar-refractivity contribution is 0.190. The van der Waals surface area contributed by atoms with Gasteiger partial charge < -0.3 is 5.32 Å². The molecule has 3 rings (SSSR count). The van der Waals surface area contributed by atoms with Gasteiger partial charge in [0.2, 0.25) is 0 Å². The molecule has 0 atom stereocenters. The van der Waals surface area contributed by atoms with Crippen molar-refractivity contribution in [2.75, 3.05) is 13.1 Å². The molecule has 1 heterocycles. The quantitative estimate of drug-likeness (QED) is 0.881. The van der Waals surface area contributed by atoms with E-state index in [2.05, 4.69) is 34.5 Å². The van der Waals surface area contributed by atoms with E-state index in [1.54, 1.807) is 12.1 Å². The van der Waals surface area contributed by atoms with E-state index < -0.39 is 0 Å². The van der Waals surface area contributed by atoms with Gasteiger partial charge in [0, 0.05) is 29.7 Å². The summed E-state index contributed by atoms with van der Waals surface area (Å²) >= 11 is 6.07. The summed E-state index contributed by atoms with van der Waals surface area (Å²) in [5, 5.41) is 3.95. The van der Waals surface area contributed by atoms with Crippen LogP contribution in [-0.4, -0.2) is 24.0 Å². The van der Waals surface area contributed by atoms with Crippen molar-refractivity contribution < 1.29 is 4.39 Å². The van der Waals surface area contributed by atoms with E-state index in [4.69, 9.17) is 11.6 Å². The highest BCUT2D eigenvalue weighted by molar-refractivity contribution is 6.31. The van der Waals surface area contributed by atoms with Gasteiger partial charge >= 0.3 is 0 Å². The lowest BCUT2D eigenvalue weighted by atomic mass is 10.0. The number of piperidine rings is 1. The van der Waals surface area contributed by atoms with Gasteiger partial charge in [-0.25, -0.2) is 4.39 Å². The molecule has 2 aromatic carbocycles. The second kappa shape index (κ2) is 7.91. The Morgan fingerprint density at radius 2 is 1.78 bits per heavy atom. The molecule has 1 aliphatic rings. The molecule has 1 aliphatic heterocycles. The Hall–Kier alpha value is -1.42. The lowest BCUT2D eigenvalue weighted by Gasteiger charge is -2.32. The van der Waals surface area contributed by atoms with Gasteiger partial charge in [0.1, 0.15) is 5.82 Å². The van der Waals surface area contributed by atoms with Gasteiger partial charge in [0.05, 0.1) is 0 Å². The predicted molar refractivity (Wildman–Crippen MR) is 93.0 cm³/mol. The molecular formula is C19H22ClFN2. The van der Waals surface area contributed by atoms with Crippen LogP contribution >= 0.6 is 11.6 Å². The third kappa shape index (κ3) is 4.54. The molecule has 1 saturated heterocycles. The first-order valence-corrected chi connectivity index (χ1v) is 8.53. The monoisotopic (exact) mass is 332 g/mol. The molecular weight excluding hydrogens is 311 g/mol. The van der Waals surface area contributed by atoms with Crippen LogP contribution in [0.3, 0.4) is 0 Å². The fourth-order valence-corrected chi connectivity index (χ4v) is 3.31. The van der Waals surface area contributed by atoms with E-state index in [1.807, 2.05) is 6.07 Å². The average molecular weight is 333 g/mol. The summed E-state index contributed by atoms with van der Waals surface area (Å²) in [5.74, 6) is -0.230. The molecule has 2 nitrogen and oxygen atoms in total. The SMILES string of the molecule is Fc1cccc(Cl)c1CNC1CCN(Cc2ccccc2)CC1. The van der Waals surface area contributed by atoms with Gasteiger partial charge in [-0.15, -0.1) is 0 Å². The highest BCUT2D eigenvalue weighted by Gasteiger charge is 2.19. The molecule has 2 aromatic rings. The average Bonchev–Trinajstić information content (AvgIpc) is 2.57. The Labute approximate surface area is 142 Å². The second-order valence-corrected chi connectivity index (χ2v) is 6.52. The van der Waals surface area contributed by atoms with E-state index in [-0.39, 0.29) is 5.82 Å². The second-order valence-electron chi connectivity index (χ2n) is 6.12. The fraction of sp³-hybridized carbons (Fsp3) is 0.368. The minimum atomic E-state index is -0.230. The van der Waals surface area contributed by atoms with Crippen LogP contribution in [0.4, 0.5) is 4.39 Å². The topological polar surface area (TPSA) is 15.3 Å².